The van der Waals surface area contributed by atoms with Crippen molar-refractivity contribution < 1.29 is 23.1 Å². The van der Waals surface area contributed by atoms with Crippen LogP contribution < -0.4 is 0 Å². The van der Waals surface area contributed by atoms with Crippen molar-refractivity contribution in [3.8, 4) is 0 Å². The van der Waals surface area contributed by atoms with Gasteiger partial charge in [0.1, 0.15) is 5.56 Å². The summed E-state index contributed by atoms with van der Waals surface area (Å²) >= 11 is 0. The smallest absolute Gasteiger partial charge is 0.342 e. The number of aliphatic hydroxyl groups is 1. The maximum Gasteiger partial charge on any atom is 0.342 e. The standard InChI is InChI=1S/C12H19N3O5S/c1-3-20-12(17)9-6-13-14-11(9)21(18,19)15-5-4-10(16)8(2)7-15/h6,8,10,16H,3-5,7H2,1-2H3,(H,13,14). The normalized spacial score (nSPS) is 24.0. The highest BCUT2D eigenvalue weighted by Crippen LogP contribution is 2.24. The molecule has 1 aliphatic heterocycles. The number of hydrogen-bond acceptors (Lipinski definition) is 6. The van der Waals surface area contributed by atoms with Crippen molar-refractivity contribution >= 4 is 16.0 Å². The van der Waals surface area contributed by atoms with Gasteiger partial charge in [0.15, 0.2) is 5.03 Å². The Balaban J connectivity index is 2.29. The molecule has 2 heterocycles. The lowest BCUT2D eigenvalue weighted by Gasteiger charge is -2.33. The van der Waals surface area contributed by atoms with Crippen LogP contribution in [0.5, 0.6) is 0 Å². The number of aromatic nitrogens is 2. The van der Waals surface area contributed by atoms with Crippen molar-refractivity contribution in [3.05, 3.63) is 11.8 Å². The van der Waals surface area contributed by atoms with Gasteiger partial charge in [0.05, 0.1) is 18.9 Å². The molecule has 118 valence electrons. The van der Waals surface area contributed by atoms with Gasteiger partial charge < -0.3 is 9.84 Å². The summed E-state index contributed by atoms with van der Waals surface area (Å²) in [6.07, 6.45) is 0.999. The molecular weight excluding hydrogens is 298 g/mol. The van der Waals surface area contributed by atoms with E-state index in [1.807, 2.05) is 0 Å². The number of ether oxygens (including phenoxy) is 1. The molecule has 1 aliphatic rings. The molecular formula is C12H19N3O5S. The van der Waals surface area contributed by atoms with Gasteiger partial charge >= 0.3 is 5.97 Å². The minimum atomic E-state index is -3.87. The highest BCUT2D eigenvalue weighted by Gasteiger charge is 2.36. The first-order valence-electron chi connectivity index (χ1n) is 6.76. The number of esters is 1. The van der Waals surface area contributed by atoms with Crippen molar-refractivity contribution in [1.82, 2.24) is 14.5 Å². The third-order valence-corrected chi connectivity index (χ3v) is 5.36. The maximum absolute atomic E-state index is 12.6. The number of aliphatic hydroxyl groups excluding tert-OH is 1. The summed E-state index contributed by atoms with van der Waals surface area (Å²) in [6, 6.07) is 0. The molecule has 2 rings (SSSR count). The quantitative estimate of drug-likeness (QED) is 0.755. The highest BCUT2D eigenvalue weighted by atomic mass is 32.2. The fourth-order valence-corrected chi connectivity index (χ4v) is 3.88. The molecule has 1 fully saturated rings. The zero-order valence-electron chi connectivity index (χ0n) is 11.9. The largest absolute Gasteiger partial charge is 0.462 e. The molecule has 2 unspecified atom stereocenters. The van der Waals surface area contributed by atoms with Crippen LogP contribution in [0.4, 0.5) is 0 Å². The van der Waals surface area contributed by atoms with E-state index in [2.05, 4.69) is 10.2 Å². The van der Waals surface area contributed by atoms with Crippen LogP contribution in [0.2, 0.25) is 0 Å². The van der Waals surface area contributed by atoms with E-state index in [-0.39, 0.29) is 36.2 Å². The highest BCUT2D eigenvalue weighted by molar-refractivity contribution is 7.89. The number of hydrogen-bond donors (Lipinski definition) is 2. The fourth-order valence-electron chi connectivity index (χ4n) is 2.27. The lowest BCUT2D eigenvalue weighted by molar-refractivity contribution is 0.0519. The summed E-state index contributed by atoms with van der Waals surface area (Å²) in [4.78, 5) is 11.8. The monoisotopic (exact) mass is 317 g/mol. The number of nitrogens with one attached hydrogen (secondary N) is 1. The molecule has 0 radical (unpaired) electrons. The van der Waals surface area contributed by atoms with Crippen molar-refractivity contribution in [1.29, 1.82) is 0 Å². The van der Waals surface area contributed by atoms with E-state index in [0.717, 1.165) is 6.20 Å². The summed E-state index contributed by atoms with van der Waals surface area (Å²) in [5.41, 5.74) is -0.101. The van der Waals surface area contributed by atoms with Crippen LogP contribution in [0.15, 0.2) is 11.2 Å². The molecule has 0 amide bonds. The Labute approximate surface area is 123 Å². The van der Waals surface area contributed by atoms with Gasteiger partial charge in [0.2, 0.25) is 0 Å². The van der Waals surface area contributed by atoms with Crippen LogP contribution in [0.1, 0.15) is 30.6 Å². The molecule has 9 heteroatoms. The molecule has 0 bridgehead atoms. The van der Waals surface area contributed by atoms with Gasteiger partial charge in [0.25, 0.3) is 10.0 Å². The molecule has 2 atom stereocenters. The SMILES string of the molecule is CCOC(=O)c1cn[nH]c1S(=O)(=O)N1CCC(O)C(C)C1. The minimum Gasteiger partial charge on any atom is -0.462 e. The van der Waals surface area contributed by atoms with Gasteiger partial charge in [-0.05, 0) is 19.3 Å². The van der Waals surface area contributed by atoms with Crippen LogP contribution in [0.3, 0.4) is 0 Å². The van der Waals surface area contributed by atoms with Crippen molar-refractivity contribution in [2.75, 3.05) is 19.7 Å². The van der Waals surface area contributed by atoms with E-state index in [1.54, 1.807) is 13.8 Å². The number of nitrogens with zero attached hydrogens (tertiary/aromatic N) is 2. The van der Waals surface area contributed by atoms with E-state index in [4.69, 9.17) is 4.74 Å². The number of H-pyrrole nitrogens is 1. The number of carbonyl (C=O) groups excluding carboxylic acids is 1. The van der Waals surface area contributed by atoms with E-state index in [1.165, 1.54) is 4.31 Å². The molecule has 1 saturated heterocycles. The zero-order valence-corrected chi connectivity index (χ0v) is 12.8. The van der Waals surface area contributed by atoms with Gasteiger partial charge in [-0.1, -0.05) is 6.92 Å². The number of rotatable bonds is 4. The molecule has 8 nitrogen and oxygen atoms in total. The van der Waals surface area contributed by atoms with Crippen LogP contribution >= 0.6 is 0 Å². The molecule has 0 aliphatic carbocycles. The Morgan fingerprint density at radius 1 is 1.62 bits per heavy atom. The number of sulfonamides is 1. The van der Waals surface area contributed by atoms with E-state index in [9.17, 15) is 18.3 Å². The third kappa shape index (κ3) is 3.09. The van der Waals surface area contributed by atoms with Gasteiger partial charge in [-0.3, -0.25) is 5.10 Å². The van der Waals surface area contributed by atoms with Gasteiger partial charge in [0, 0.05) is 13.1 Å². The first-order chi connectivity index (χ1) is 9.87. The lowest BCUT2D eigenvalue weighted by Crippen LogP contribution is -2.45. The Kier molecular flexibility index (Phi) is 4.64. The maximum atomic E-state index is 12.6. The number of carbonyl (C=O) groups is 1. The van der Waals surface area contributed by atoms with Crippen LogP contribution in [0.25, 0.3) is 0 Å². The number of piperidine rings is 1. The van der Waals surface area contributed by atoms with Crippen LogP contribution in [-0.4, -0.2) is 59.8 Å². The average Bonchev–Trinajstić information content (AvgIpc) is 2.92. The predicted molar refractivity (Wildman–Crippen MR) is 73.1 cm³/mol. The summed E-state index contributed by atoms with van der Waals surface area (Å²) in [6.45, 7) is 3.97. The molecule has 0 aromatic carbocycles. The second kappa shape index (κ2) is 6.12. The van der Waals surface area contributed by atoms with E-state index >= 15 is 0 Å². The van der Waals surface area contributed by atoms with Gasteiger partial charge in [-0.2, -0.15) is 9.40 Å². The van der Waals surface area contributed by atoms with Crippen LogP contribution in [0, 0.1) is 5.92 Å². The van der Waals surface area contributed by atoms with Crippen LogP contribution in [-0.2, 0) is 14.8 Å². The van der Waals surface area contributed by atoms with Gasteiger partial charge in [-0.25, -0.2) is 13.2 Å². The molecule has 1 aromatic rings. The first kappa shape index (κ1) is 15.9. The summed E-state index contributed by atoms with van der Waals surface area (Å²) in [5, 5.41) is 15.4. The zero-order chi connectivity index (χ0) is 15.6. The Hall–Kier alpha value is -1.45. The topological polar surface area (TPSA) is 113 Å². The summed E-state index contributed by atoms with van der Waals surface area (Å²) in [7, 11) is -3.87. The second-order valence-corrected chi connectivity index (χ2v) is 6.90. The molecule has 0 saturated carbocycles. The number of aromatic amines is 1. The molecule has 21 heavy (non-hydrogen) atoms. The Bertz CT molecular complexity index is 612. The van der Waals surface area contributed by atoms with E-state index in [0.29, 0.717) is 6.42 Å². The molecule has 2 N–H and O–H groups in total. The summed E-state index contributed by atoms with van der Waals surface area (Å²) in [5.74, 6) is -0.891. The molecule has 0 spiro atoms. The summed E-state index contributed by atoms with van der Waals surface area (Å²) < 4.78 is 31.3. The fraction of sp³-hybridized carbons (Fsp3) is 0.667. The Morgan fingerprint density at radius 3 is 2.95 bits per heavy atom. The minimum absolute atomic E-state index is 0.101. The second-order valence-electron chi connectivity index (χ2n) is 5.03. The predicted octanol–water partition coefficient (Wildman–Crippen LogP) is -0.0222. The average molecular weight is 317 g/mol. The van der Waals surface area contributed by atoms with Crippen molar-refractivity contribution in [2.45, 2.75) is 31.4 Å². The van der Waals surface area contributed by atoms with Crippen molar-refractivity contribution in [3.63, 3.8) is 0 Å². The first-order valence-corrected chi connectivity index (χ1v) is 8.20. The van der Waals surface area contributed by atoms with E-state index < -0.39 is 22.1 Å². The lowest BCUT2D eigenvalue weighted by atomic mass is 9.99. The van der Waals surface area contributed by atoms with Gasteiger partial charge in [-0.15, -0.1) is 0 Å². The third-order valence-electron chi connectivity index (χ3n) is 3.52. The Morgan fingerprint density at radius 2 is 2.33 bits per heavy atom. The van der Waals surface area contributed by atoms with Crippen molar-refractivity contribution in [2.24, 2.45) is 5.92 Å². The molecule has 1 aromatic heterocycles.